The average Bonchev–Trinajstić information content (AvgIpc) is 3.26. The summed E-state index contributed by atoms with van der Waals surface area (Å²) in [5.74, 6) is 0.320. The summed E-state index contributed by atoms with van der Waals surface area (Å²) < 4.78 is 27.4. The maximum Gasteiger partial charge on any atom is 0.225 e. The molecular weight excluding hydrogens is 350 g/mol. The Balaban J connectivity index is 0.00000208. The number of sulfonamides is 1. The van der Waals surface area contributed by atoms with Gasteiger partial charge in [-0.3, -0.25) is 4.79 Å². The van der Waals surface area contributed by atoms with Crippen molar-refractivity contribution in [3.8, 4) is 0 Å². The minimum atomic E-state index is -3.34. The molecule has 0 bridgehead atoms. The number of piperidine rings is 1. The largest absolute Gasteiger partial charge is 0.341 e. The fourth-order valence-corrected chi connectivity index (χ4v) is 6.10. The normalized spacial score (nSPS) is 29.0. The first-order valence-corrected chi connectivity index (χ1v) is 10.5. The van der Waals surface area contributed by atoms with Gasteiger partial charge in [0, 0.05) is 38.6 Å². The second kappa shape index (κ2) is 8.34. The van der Waals surface area contributed by atoms with Gasteiger partial charge in [-0.1, -0.05) is 12.8 Å². The molecule has 0 aromatic rings. The molecule has 2 saturated heterocycles. The zero-order chi connectivity index (χ0) is 16.4. The zero-order valence-corrected chi connectivity index (χ0v) is 16.1. The van der Waals surface area contributed by atoms with E-state index >= 15 is 0 Å². The molecule has 2 aliphatic heterocycles. The molecular formula is C16H30ClN3O3S. The molecule has 0 aromatic heterocycles. The van der Waals surface area contributed by atoms with Crippen LogP contribution in [-0.2, 0) is 14.8 Å². The molecule has 0 aromatic carbocycles. The number of hydrogen-bond donors (Lipinski definition) is 1. The summed E-state index contributed by atoms with van der Waals surface area (Å²) in [5.41, 5.74) is 0. The minimum absolute atomic E-state index is 0. The van der Waals surface area contributed by atoms with Gasteiger partial charge in [0.05, 0.1) is 5.25 Å². The monoisotopic (exact) mass is 379 g/mol. The van der Waals surface area contributed by atoms with E-state index < -0.39 is 15.3 Å². The van der Waals surface area contributed by atoms with Gasteiger partial charge in [0.15, 0.2) is 0 Å². The Kier molecular flexibility index (Phi) is 6.93. The average molecular weight is 380 g/mol. The topological polar surface area (TPSA) is 69.7 Å². The van der Waals surface area contributed by atoms with Crippen molar-refractivity contribution in [3.63, 3.8) is 0 Å². The van der Waals surface area contributed by atoms with E-state index in [1.807, 2.05) is 4.90 Å². The standard InChI is InChI=1S/C16H29N3O3S.ClH/c1-18(14-8-9-17-11-14)23(21,22)15-7-4-10-19(12-15)16(20)13-5-2-3-6-13;/h13-15,17H,2-12H2,1H3;1H. The van der Waals surface area contributed by atoms with E-state index in [0.717, 1.165) is 58.2 Å². The lowest BCUT2D eigenvalue weighted by Crippen LogP contribution is -2.52. The van der Waals surface area contributed by atoms with Gasteiger partial charge >= 0.3 is 0 Å². The van der Waals surface area contributed by atoms with Gasteiger partial charge in [-0.2, -0.15) is 0 Å². The van der Waals surface area contributed by atoms with Crippen LogP contribution in [0.1, 0.15) is 44.9 Å². The van der Waals surface area contributed by atoms with E-state index in [1.54, 1.807) is 11.4 Å². The van der Waals surface area contributed by atoms with Crippen LogP contribution in [0, 0.1) is 5.92 Å². The molecule has 0 spiro atoms. The van der Waals surface area contributed by atoms with Gasteiger partial charge in [-0.15, -0.1) is 12.4 Å². The highest BCUT2D eigenvalue weighted by molar-refractivity contribution is 7.89. The number of likely N-dealkylation sites (tertiary alicyclic amines) is 1. The highest BCUT2D eigenvalue weighted by atomic mass is 35.5. The summed E-state index contributed by atoms with van der Waals surface area (Å²) in [4.78, 5) is 14.4. The smallest absolute Gasteiger partial charge is 0.225 e. The lowest BCUT2D eigenvalue weighted by molar-refractivity contribution is -0.136. The molecule has 24 heavy (non-hydrogen) atoms. The van der Waals surface area contributed by atoms with Crippen LogP contribution >= 0.6 is 12.4 Å². The fraction of sp³-hybridized carbons (Fsp3) is 0.938. The van der Waals surface area contributed by atoms with Crippen LogP contribution in [0.5, 0.6) is 0 Å². The van der Waals surface area contributed by atoms with Crippen molar-refractivity contribution in [2.24, 2.45) is 5.92 Å². The third kappa shape index (κ3) is 4.06. The number of nitrogens with zero attached hydrogens (tertiary/aromatic N) is 2. The summed E-state index contributed by atoms with van der Waals surface area (Å²) >= 11 is 0. The number of halogens is 1. The van der Waals surface area contributed by atoms with E-state index in [-0.39, 0.29) is 30.3 Å². The van der Waals surface area contributed by atoms with E-state index in [9.17, 15) is 13.2 Å². The Bertz CT molecular complexity index is 531. The van der Waals surface area contributed by atoms with E-state index in [2.05, 4.69) is 5.32 Å². The van der Waals surface area contributed by atoms with E-state index in [4.69, 9.17) is 0 Å². The van der Waals surface area contributed by atoms with Gasteiger partial charge in [0.25, 0.3) is 0 Å². The first kappa shape index (κ1) is 19.9. The van der Waals surface area contributed by atoms with Gasteiger partial charge in [0.1, 0.15) is 0 Å². The zero-order valence-electron chi connectivity index (χ0n) is 14.4. The highest BCUT2D eigenvalue weighted by Gasteiger charge is 2.39. The minimum Gasteiger partial charge on any atom is -0.341 e. The molecule has 3 aliphatic rings. The number of likely N-dealkylation sites (N-methyl/N-ethyl adjacent to an activating group) is 1. The number of carbonyl (C=O) groups is 1. The van der Waals surface area contributed by atoms with Gasteiger partial charge in [-0.05, 0) is 38.6 Å². The fourth-order valence-electron chi connectivity index (χ4n) is 4.21. The Morgan fingerprint density at radius 2 is 1.83 bits per heavy atom. The van der Waals surface area contributed by atoms with Crippen molar-refractivity contribution >= 4 is 28.3 Å². The molecule has 3 fully saturated rings. The van der Waals surface area contributed by atoms with E-state index in [0.29, 0.717) is 13.0 Å². The molecule has 8 heteroatoms. The second-order valence-corrected chi connectivity index (χ2v) is 9.51. The first-order chi connectivity index (χ1) is 11.0. The van der Waals surface area contributed by atoms with Crippen LogP contribution in [0.3, 0.4) is 0 Å². The third-order valence-corrected chi connectivity index (χ3v) is 8.09. The summed E-state index contributed by atoms with van der Waals surface area (Å²) in [5, 5.41) is 2.78. The molecule has 1 N–H and O–H groups in total. The van der Waals surface area contributed by atoms with Crippen molar-refractivity contribution < 1.29 is 13.2 Å². The maximum absolute atomic E-state index is 12.9. The summed E-state index contributed by atoms with van der Waals surface area (Å²) in [6.07, 6.45) is 6.53. The number of rotatable bonds is 4. The van der Waals surface area contributed by atoms with Crippen LogP contribution in [0.25, 0.3) is 0 Å². The Labute approximate surface area is 151 Å². The van der Waals surface area contributed by atoms with Crippen LogP contribution in [-0.4, -0.2) is 68.0 Å². The molecule has 1 amide bonds. The predicted molar refractivity (Wildman–Crippen MR) is 96.8 cm³/mol. The van der Waals surface area contributed by atoms with Crippen LogP contribution in [0.15, 0.2) is 0 Å². The SMILES string of the molecule is CN(C1CCNC1)S(=O)(=O)C1CCCN(C(=O)C2CCCC2)C1.Cl. The molecule has 6 nitrogen and oxygen atoms in total. The molecule has 2 unspecified atom stereocenters. The lowest BCUT2D eigenvalue weighted by Gasteiger charge is -2.36. The highest BCUT2D eigenvalue weighted by Crippen LogP contribution is 2.29. The van der Waals surface area contributed by atoms with Crippen LogP contribution < -0.4 is 5.32 Å². The van der Waals surface area contributed by atoms with Crippen LogP contribution in [0.2, 0.25) is 0 Å². The van der Waals surface area contributed by atoms with Gasteiger partial charge < -0.3 is 10.2 Å². The van der Waals surface area contributed by atoms with Gasteiger partial charge in [-0.25, -0.2) is 12.7 Å². The molecule has 0 radical (unpaired) electrons. The third-order valence-electron chi connectivity index (χ3n) is 5.77. The van der Waals surface area contributed by atoms with Crippen molar-refractivity contribution in [2.75, 3.05) is 33.2 Å². The Morgan fingerprint density at radius 1 is 1.12 bits per heavy atom. The van der Waals surface area contributed by atoms with Crippen molar-refractivity contribution in [1.29, 1.82) is 0 Å². The van der Waals surface area contributed by atoms with Crippen molar-refractivity contribution in [2.45, 2.75) is 56.2 Å². The molecule has 2 atom stereocenters. The van der Waals surface area contributed by atoms with Crippen molar-refractivity contribution in [3.05, 3.63) is 0 Å². The molecule has 140 valence electrons. The van der Waals surface area contributed by atoms with Crippen molar-refractivity contribution in [1.82, 2.24) is 14.5 Å². The summed E-state index contributed by atoms with van der Waals surface area (Å²) in [6, 6.07) is 0.0564. The summed E-state index contributed by atoms with van der Waals surface area (Å²) in [7, 11) is -1.64. The number of nitrogens with one attached hydrogen (secondary N) is 1. The number of amides is 1. The number of carbonyl (C=O) groups excluding carboxylic acids is 1. The molecule has 1 saturated carbocycles. The van der Waals surface area contributed by atoms with E-state index in [1.165, 1.54) is 0 Å². The molecule has 1 aliphatic carbocycles. The Morgan fingerprint density at radius 3 is 2.46 bits per heavy atom. The predicted octanol–water partition coefficient (Wildman–Crippen LogP) is 1.21. The Hall–Kier alpha value is -0.370. The molecule has 3 rings (SSSR count). The number of hydrogen-bond acceptors (Lipinski definition) is 4. The summed E-state index contributed by atoms with van der Waals surface area (Å²) in [6.45, 7) is 2.70. The lowest BCUT2D eigenvalue weighted by atomic mass is 10.0. The molecule has 2 heterocycles. The second-order valence-electron chi connectivity index (χ2n) is 7.24. The first-order valence-electron chi connectivity index (χ1n) is 8.96. The maximum atomic E-state index is 12.9. The quantitative estimate of drug-likeness (QED) is 0.797. The van der Waals surface area contributed by atoms with Gasteiger partial charge in [0.2, 0.25) is 15.9 Å². The van der Waals surface area contributed by atoms with Crippen LogP contribution in [0.4, 0.5) is 0 Å².